The second kappa shape index (κ2) is 13.3. The summed E-state index contributed by atoms with van der Waals surface area (Å²) in [4.78, 5) is 16.2. The fourth-order valence-corrected chi connectivity index (χ4v) is 10.4. The van der Waals surface area contributed by atoms with Gasteiger partial charge in [0.15, 0.2) is 17.5 Å². The summed E-state index contributed by atoms with van der Waals surface area (Å²) in [5.74, 6) is 1.78. The first-order valence-corrected chi connectivity index (χ1v) is 21.2. The first-order chi connectivity index (χ1) is 30.2. The van der Waals surface area contributed by atoms with Gasteiger partial charge >= 0.3 is 0 Å². The number of hydrogen-bond acceptors (Lipinski definition) is 5. The maximum Gasteiger partial charge on any atom is 0.166 e. The average Bonchev–Trinajstić information content (AvgIpc) is 3.99. The second-order valence-corrected chi connectivity index (χ2v) is 16.6. The molecule has 0 bridgehead atoms. The number of nitrogens with zero attached hydrogens (tertiary/aromatic N) is 4. The van der Waals surface area contributed by atoms with E-state index in [4.69, 9.17) is 19.4 Å². The molecule has 0 aliphatic heterocycles. The average molecular weight is 797 g/mol. The summed E-state index contributed by atoms with van der Waals surface area (Å²) in [6.07, 6.45) is 0. The molecule has 0 aliphatic rings. The largest absolute Gasteiger partial charge is 0.456 e. The van der Waals surface area contributed by atoms with E-state index in [0.29, 0.717) is 17.5 Å². The molecule has 0 saturated heterocycles. The Morgan fingerprint density at radius 3 is 1.92 bits per heavy atom. The zero-order valence-corrected chi connectivity index (χ0v) is 33.4. The maximum absolute atomic E-state index is 6.63. The summed E-state index contributed by atoms with van der Waals surface area (Å²) in [6.45, 7) is 0. The molecule has 0 amide bonds. The van der Waals surface area contributed by atoms with Gasteiger partial charge in [-0.2, -0.15) is 0 Å². The third-order valence-electron chi connectivity index (χ3n) is 12.0. The maximum atomic E-state index is 6.63. The van der Waals surface area contributed by atoms with E-state index in [2.05, 4.69) is 180 Å². The molecule has 13 aromatic rings. The van der Waals surface area contributed by atoms with Gasteiger partial charge in [0.2, 0.25) is 0 Å². The molecule has 0 saturated carbocycles. The normalized spacial score (nSPS) is 11.9. The number of aromatic nitrogens is 4. The molecular weight excluding hydrogens is 765 g/mol. The van der Waals surface area contributed by atoms with Crippen LogP contribution in [0.5, 0.6) is 0 Å². The SMILES string of the molecule is c1ccc(-c2cccc(-c3nc(-c4cc5oc6ccccc6c5cc4-n4c5ccccc5c5cc6ccccc6cc54)nc(-c4cccc5c4sc4ccccc45)n3)c2)cc1. The lowest BCUT2D eigenvalue weighted by Gasteiger charge is -2.15. The van der Waals surface area contributed by atoms with Gasteiger partial charge in [0.1, 0.15) is 11.2 Å². The fourth-order valence-electron chi connectivity index (χ4n) is 9.18. The van der Waals surface area contributed by atoms with Gasteiger partial charge in [0, 0.05) is 58.4 Å². The molecular formula is C55H32N4OS. The minimum Gasteiger partial charge on any atom is -0.456 e. The third kappa shape index (κ3) is 5.36. The van der Waals surface area contributed by atoms with Gasteiger partial charge in [0.25, 0.3) is 0 Å². The lowest BCUT2D eigenvalue weighted by Crippen LogP contribution is -2.04. The van der Waals surface area contributed by atoms with Gasteiger partial charge in [-0.1, -0.05) is 140 Å². The number of thiophene rings is 1. The van der Waals surface area contributed by atoms with Crippen molar-refractivity contribution >= 4 is 86.0 Å². The summed E-state index contributed by atoms with van der Waals surface area (Å²) in [5.41, 5.74) is 9.71. The minimum absolute atomic E-state index is 0.562. The molecule has 0 aliphatic carbocycles. The van der Waals surface area contributed by atoms with Crippen molar-refractivity contribution < 1.29 is 4.42 Å². The highest BCUT2D eigenvalue weighted by Gasteiger charge is 2.23. The predicted octanol–water partition coefficient (Wildman–Crippen LogP) is 15.1. The van der Waals surface area contributed by atoms with Gasteiger partial charge < -0.3 is 8.98 Å². The van der Waals surface area contributed by atoms with Gasteiger partial charge in [-0.15, -0.1) is 11.3 Å². The molecule has 4 heterocycles. The third-order valence-corrected chi connectivity index (χ3v) is 13.2. The molecule has 4 aromatic heterocycles. The molecule has 0 fully saturated rings. The summed E-state index contributed by atoms with van der Waals surface area (Å²) < 4.78 is 11.4. The molecule has 9 aromatic carbocycles. The zero-order chi connectivity index (χ0) is 40.0. The molecule has 61 heavy (non-hydrogen) atoms. The Balaban J connectivity index is 1.14. The van der Waals surface area contributed by atoms with Crippen LogP contribution in [0.15, 0.2) is 199 Å². The predicted molar refractivity (Wildman–Crippen MR) is 254 cm³/mol. The monoisotopic (exact) mass is 796 g/mol. The van der Waals surface area contributed by atoms with Crippen LogP contribution in [0.1, 0.15) is 0 Å². The topological polar surface area (TPSA) is 56.7 Å². The summed E-state index contributed by atoms with van der Waals surface area (Å²) >= 11 is 1.78. The highest BCUT2D eigenvalue weighted by Crippen LogP contribution is 2.43. The molecule has 0 unspecified atom stereocenters. The van der Waals surface area contributed by atoms with Crippen LogP contribution in [-0.4, -0.2) is 19.5 Å². The van der Waals surface area contributed by atoms with E-state index >= 15 is 0 Å². The van der Waals surface area contributed by atoms with Crippen LogP contribution in [-0.2, 0) is 0 Å². The van der Waals surface area contributed by atoms with Crippen LogP contribution in [0.25, 0.3) is 126 Å². The number of furan rings is 1. The first-order valence-electron chi connectivity index (χ1n) is 20.4. The summed E-state index contributed by atoms with van der Waals surface area (Å²) in [7, 11) is 0. The molecule has 0 spiro atoms. The van der Waals surface area contributed by atoms with Crippen molar-refractivity contribution in [3.05, 3.63) is 194 Å². The molecule has 13 rings (SSSR count). The molecule has 6 heteroatoms. The number of para-hydroxylation sites is 2. The Morgan fingerprint density at radius 2 is 1.03 bits per heavy atom. The van der Waals surface area contributed by atoms with Gasteiger partial charge in [-0.25, -0.2) is 15.0 Å². The van der Waals surface area contributed by atoms with Crippen molar-refractivity contribution in [2.45, 2.75) is 0 Å². The van der Waals surface area contributed by atoms with Crippen molar-refractivity contribution in [3.8, 4) is 51.0 Å². The Bertz CT molecular complexity index is 3900. The van der Waals surface area contributed by atoms with E-state index < -0.39 is 0 Å². The van der Waals surface area contributed by atoms with Crippen LogP contribution in [0.2, 0.25) is 0 Å². The number of rotatable bonds is 5. The van der Waals surface area contributed by atoms with Crippen LogP contribution < -0.4 is 0 Å². The van der Waals surface area contributed by atoms with Gasteiger partial charge in [0.05, 0.1) is 16.7 Å². The van der Waals surface area contributed by atoms with Gasteiger partial charge in [-0.3, -0.25) is 0 Å². The Kier molecular flexibility index (Phi) is 7.41. The summed E-state index contributed by atoms with van der Waals surface area (Å²) in [6, 6.07) is 68.5. The quantitative estimate of drug-likeness (QED) is 0.174. The first kappa shape index (κ1) is 34.0. The lowest BCUT2D eigenvalue weighted by atomic mass is 10.0. The van der Waals surface area contributed by atoms with E-state index in [1.807, 2.05) is 18.2 Å². The fraction of sp³-hybridized carbons (Fsp3) is 0. The Labute approximate surface area is 353 Å². The number of benzene rings is 9. The van der Waals surface area contributed by atoms with E-state index in [0.717, 1.165) is 71.2 Å². The molecule has 0 N–H and O–H groups in total. The smallest absolute Gasteiger partial charge is 0.166 e. The number of hydrogen-bond donors (Lipinski definition) is 0. The van der Waals surface area contributed by atoms with Crippen LogP contribution in [0.3, 0.4) is 0 Å². The molecule has 0 atom stereocenters. The Hall–Kier alpha value is -7.93. The van der Waals surface area contributed by atoms with Crippen LogP contribution in [0, 0.1) is 0 Å². The highest BCUT2D eigenvalue weighted by molar-refractivity contribution is 7.26. The van der Waals surface area contributed by atoms with E-state index in [1.165, 1.54) is 37.0 Å². The molecule has 0 radical (unpaired) electrons. The standard InChI is InChI=1S/C55H32N4OS/c1-2-14-33(15-3-1)34-18-12-19-37(28-34)53-56-54(42-24-13-23-41-40-22-8-11-27-51(40)61-52(41)42)58-55(57-53)45-32-50-44(39-21-7-10-26-49(39)60-50)31-48(45)59-46-25-9-6-20-38(46)43-29-35-16-4-5-17-36(35)30-47(43)59/h1-32H. The van der Waals surface area contributed by atoms with Crippen molar-refractivity contribution in [1.82, 2.24) is 19.5 Å². The Morgan fingerprint density at radius 1 is 0.377 bits per heavy atom. The van der Waals surface area contributed by atoms with E-state index in [9.17, 15) is 0 Å². The van der Waals surface area contributed by atoms with E-state index in [1.54, 1.807) is 11.3 Å². The van der Waals surface area contributed by atoms with Crippen molar-refractivity contribution in [2.75, 3.05) is 0 Å². The zero-order valence-electron chi connectivity index (χ0n) is 32.6. The summed E-state index contributed by atoms with van der Waals surface area (Å²) in [5, 5.41) is 9.25. The molecule has 284 valence electrons. The molecule has 5 nitrogen and oxygen atoms in total. The van der Waals surface area contributed by atoms with Crippen molar-refractivity contribution in [2.24, 2.45) is 0 Å². The number of fused-ring (bicyclic) bond motifs is 10. The van der Waals surface area contributed by atoms with Crippen molar-refractivity contribution in [1.29, 1.82) is 0 Å². The second-order valence-electron chi connectivity index (χ2n) is 15.6. The van der Waals surface area contributed by atoms with Crippen LogP contribution >= 0.6 is 11.3 Å². The highest BCUT2D eigenvalue weighted by atomic mass is 32.1. The van der Waals surface area contributed by atoms with E-state index in [-0.39, 0.29) is 0 Å². The van der Waals surface area contributed by atoms with Crippen LogP contribution in [0.4, 0.5) is 0 Å². The lowest BCUT2D eigenvalue weighted by molar-refractivity contribution is 0.669. The minimum atomic E-state index is 0.562. The van der Waals surface area contributed by atoms with Crippen molar-refractivity contribution in [3.63, 3.8) is 0 Å². The van der Waals surface area contributed by atoms with Gasteiger partial charge in [-0.05, 0) is 76.5 Å².